The first-order valence-electron chi connectivity index (χ1n) is 5.78. The Morgan fingerprint density at radius 2 is 2.12 bits per heavy atom. The number of carbonyl (C=O) groups is 1. The van der Waals surface area contributed by atoms with Gasteiger partial charge in [0.15, 0.2) is 0 Å². The monoisotopic (exact) mass is 235 g/mol. The minimum Gasteiger partial charge on any atom is -0.508 e. The third kappa shape index (κ3) is 2.97. The standard InChI is InChI=1S/C13H17NO3/c1-13(7-2-8-17-9-13)14-12(16)10-3-5-11(15)6-4-10/h3-6,15H,2,7-9H2,1H3,(H,14,16). The van der Waals surface area contributed by atoms with Crippen LogP contribution in [-0.4, -0.2) is 29.8 Å². The van der Waals surface area contributed by atoms with Gasteiger partial charge in [0.25, 0.3) is 5.91 Å². The van der Waals surface area contributed by atoms with Crippen molar-refractivity contribution >= 4 is 5.91 Å². The minimum atomic E-state index is -0.285. The number of phenols is 1. The molecule has 1 aliphatic heterocycles. The fourth-order valence-corrected chi connectivity index (χ4v) is 1.99. The number of ether oxygens (including phenoxy) is 1. The smallest absolute Gasteiger partial charge is 0.251 e. The lowest BCUT2D eigenvalue weighted by molar-refractivity contribution is 0.0272. The van der Waals surface area contributed by atoms with Crippen molar-refractivity contribution in [2.75, 3.05) is 13.2 Å². The molecule has 4 heteroatoms. The highest BCUT2D eigenvalue weighted by Crippen LogP contribution is 2.19. The molecule has 4 nitrogen and oxygen atoms in total. The van der Waals surface area contributed by atoms with E-state index in [0.717, 1.165) is 19.4 Å². The van der Waals surface area contributed by atoms with Gasteiger partial charge in [-0.3, -0.25) is 4.79 Å². The zero-order chi connectivity index (χ0) is 12.3. The Bertz CT molecular complexity index is 394. The number of carbonyl (C=O) groups excluding carboxylic acids is 1. The molecule has 0 spiro atoms. The van der Waals surface area contributed by atoms with Gasteiger partial charge in [0.1, 0.15) is 5.75 Å². The topological polar surface area (TPSA) is 58.6 Å². The highest BCUT2D eigenvalue weighted by Gasteiger charge is 2.29. The van der Waals surface area contributed by atoms with E-state index in [1.54, 1.807) is 12.1 Å². The summed E-state index contributed by atoms with van der Waals surface area (Å²) in [6.45, 7) is 3.31. The molecule has 2 rings (SSSR count). The summed E-state index contributed by atoms with van der Waals surface area (Å²) in [6, 6.07) is 6.23. The number of hydrogen-bond acceptors (Lipinski definition) is 3. The van der Waals surface area contributed by atoms with Crippen molar-refractivity contribution in [3.63, 3.8) is 0 Å². The average molecular weight is 235 g/mol. The fraction of sp³-hybridized carbons (Fsp3) is 0.462. The first kappa shape index (κ1) is 11.9. The molecule has 17 heavy (non-hydrogen) atoms. The predicted octanol–water partition coefficient (Wildman–Crippen LogP) is 1.69. The zero-order valence-electron chi connectivity index (χ0n) is 9.90. The van der Waals surface area contributed by atoms with Gasteiger partial charge >= 0.3 is 0 Å². The van der Waals surface area contributed by atoms with Crippen LogP contribution in [0.5, 0.6) is 5.75 Å². The molecule has 1 atom stereocenters. The molecular formula is C13H17NO3. The summed E-state index contributed by atoms with van der Waals surface area (Å²) in [6.07, 6.45) is 1.89. The van der Waals surface area contributed by atoms with Crippen molar-refractivity contribution in [1.29, 1.82) is 0 Å². The van der Waals surface area contributed by atoms with Gasteiger partial charge in [-0.15, -0.1) is 0 Å². The number of phenolic OH excluding ortho intramolecular Hbond substituents is 1. The van der Waals surface area contributed by atoms with Crippen molar-refractivity contribution in [1.82, 2.24) is 5.32 Å². The largest absolute Gasteiger partial charge is 0.508 e. The maximum atomic E-state index is 12.0. The Balaban J connectivity index is 2.03. The first-order chi connectivity index (χ1) is 8.09. The van der Waals surface area contributed by atoms with Crippen molar-refractivity contribution in [2.24, 2.45) is 0 Å². The Hall–Kier alpha value is -1.55. The maximum absolute atomic E-state index is 12.0. The molecule has 1 amide bonds. The van der Waals surface area contributed by atoms with Crippen LogP contribution in [0.2, 0.25) is 0 Å². The maximum Gasteiger partial charge on any atom is 0.251 e. The molecule has 1 heterocycles. The Morgan fingerprint density at radius 1 is 1.41 bits per heavy atom. The summed E-state index contributed by atoms with van der Waals surface area (Å²) in [7, 11) is 0. The van der Waals surface area contributed by atoms with Crippen molar-refractivity contribution < 1.29 is 14.6 Å². The molecular weight excluding hydrogens is 218 g/mol. The van der Waals surface area contributed by atoms with Crippen LogP contribution in [0.1, 0.15) is 30.1 Å². The van der Waals surface area contributed by atoms with Crippen molar-refractivity contribution in [3.8, 4) is 5.75 Å². The fourth-order valence-electron chi connectivity index (χ4n) is 1.99. The molecule has 2 N–H and O–H groups in total. The Morgan fingerprint density at radius 3 is 2.71 bits per heavy atom. The van der Waals surface area contributed by atoms with Crippen LogP contribution in [0.4, 0.5) is 0 Å². The number of hydrogen-bond donors (Lipinski definition) is 2. The van der Waals surface area contributed by atoms with Crippen LogP contribution in [0, 0.1) is 0 Å². The summed E-state index contributed by atoms with van der Waals surface area (Å²) in [5.74, 6) is 0.0340. The molecule has 1 fully saturated rings. The van der Waals surface area contributed by atoms with E-state index >= 15 is 0 Å². The molecule has 1 saturated heterocycles. The molecule has 0 aliphatic carbocycles. The summed E-state index contributed by atoms with van der Waals surface area (Å²) in [4.78, 5) is 12.0. The van der Waals surface area contributed by atoms with Gasteiger partial charge in [-0.2, -0.15) is 0 Å². The lowest BCUT2D eigenvalue weighted by Crippen LogP contribution is -2.51. The zero-order valence-corrected chi connectivity index (χ0v) is 9.90. The highest BCUT2D eigenvalue weighted by atomic mass is 16.5. The third-order valence-corrected chi connectivity index (χ3v) is 2.98. The van der Waals surface area contributed by atoms with Crippen molar-refractivity contribution in [2.45, 2.75) is 25.3 Å². The van der Waals surface area contributed by atoms with E-state index in [-0.39, 0.29) is 17.2 Å². The lowest BCUT2D eigenvalue weighted by atomic mass is 9.94. The van der Waals surface area contributed by atoms with Crippen LogP contribution < -0.4 is 5.32 Å². The number of nitrogens with one attached hydrogen (secondary N) is 1. The summed E-state index contributed by atoms with van der Waals surface area (Å²) < 4.78 is 5.39. The quantitative estimate of drug-likeness (QED) is 0.820. The summed E-state index contributed by atoms with van der Waals surface area (Å²) >= 11 is 0. The van der Waals surface area contributed by atoms with E-state index in [1.165, 1.54) is 12.1 Å². The Kier molecular flexibility index (Phi) is 3.33. The lowest BCUT2D eigenvalue weighted by Gasteiger charge is -2.34. The predicted molar refractivity (Wildman–Crippen MR) is 64.0 cm³/mol. The SMILES string of the molecule is CC1(NC(=O)c2ccc(O)cc2)CCCOC1. The molecule has 0 bridgehead atoms. The summed E-state index contributed by atoms with van der Waals surface area (Å²) in [5.41, 5.74) is 0.266. The van der Waals surface area contributed by atoms with Crippen LogP contribution >= 0.6 is 0 Å². The normalized spacial score (nSPS) is 24.3. The van der Waals surface area contributed by atoms with Gasteiger partial charge in [0.05, 0.1) is 12.1 Å². The number of rotatable bonds is 2. The molecule has 0 radical (unpaired) electrons. The van der Waals surface area contributed by atoms with Crippen molar-refractivity contribution in [3.05, 3.63) is 29.8 Å². The third-order valence-electron chi connectivity index (χ3n) is 2.98. The van der Waals surface area contributed by atoms with Gasteiger partial charge in [-0.1, -0.05) is 0 Å². The van der Waals surface area contributed by atoms with Gasteiger partial charge < -0.3 is 15.2 Å². The Labute approximate surface area is 101 Å². The molecule has 1 unspecified atom stereocenters. The first-order valence-corrected chi connectivity index (χ1v) is 5.78. The number of amides is 1. The molecule has 0 saturated carbocycles. The molecule has 1 aromatic carbocycles. The highest BCUT2D eigenvalue weighted by molar-refractivity contribution is 5.94. The molecule has 92 valence electrons. The van der Waals surface area contributed by atoms with Gasteiger partial charge in [0, 0.05) is 12.2 Å². The van der Waals surface area contributed by atoms with E-state index < -0.39 is 0 Å². The molecule has 1 aromatic rings. The number of aromatic hydroxyl groups is 1. The van der Waals surface area contributed by atoms with Crippen LogP contribution in [0.25, 0.3) is 0 Å². The van der Waals surface area contributed by atoms with Crippen LogP contribution in [0.3, 0.4) is 0 Å². The van der Waals surface area contributed by atoms with Crippen LogP contribution in [0.15, 0.2) is 24.3 Å². The van der Waals surface area contributed by atoms with Gasteiger partial charge in [-0.05, 0) is 44.0 Å². The number of benzene rings is 1. The van der Waals surface area contributed by atoms with E-state index in [0.29, 0.717) is 12.2 Å². The van der Waals surface area contributed by atoms with Crippen LogP contribution in [-0.2, 0) is 4.74 Å². The van der Waals surface area contributed by atoms with E-state index in [4.69, 9.17) is 9.84 Å². The average Bonchev–Trinajstić information content (AvgIpc) is 2.30. The van der Waals surface area contributed by atoms with Gasteiger partial charge in [0.2, 0.25) is 0 Å². The van der Waals surface area contributed by atoms with E-state index in [2.05, 4.69) is 5.32 Å². The second kappa shape index (κ2) is 4.75. The minimum absolute atomic E-state index is 0.127. The summed E-state index contributed by atoms with van der Waals surface area (Å²) in [5, 5.41) is 12.1. The van der Waals surface area contributed by atoms with E-state index in [1.807, 2.05) is 6.92 Å². The molecule has 1 aliphatic rings. The molecule has 0 aromatic heterocycles. The second-order valence-electron chi connectivity index (χ2n) is 4.72. The van der Waals surface area contributed by atoms with E-state index in [9.17, 15) is 4.79 Å². The second-order valence-corrected chi connectivity index (χ2v) is 4.72. The van der Waals surface area contributed by atoms with Gasteiger partial charge in [-0.25, -0.2) is 0 Å².